The molecule has 1 heterocycles. The molecule has 27 heavy (non-hydrogen) atoms. The van der Waals surface area contributed by atoms with Crippen molar-refractivity contribution in [1.29, 1.82) is 0 Å². The number of anilines is 2. The van der Waals surface area contributed by atoms with Gasteiger partial charge in [-0.1, -0.05) is 38.1 Å². The van der Waals surface area contributed by atoms with Crippen LogP contribution in [-0.2, 0) is 9.59 Å². The van der Waals surface area contributed by atoms with Crippen molar-refractivity contribution in [3.63, 3.8) is 0 Å². The molecule has 0 radical (unpaired) electrons. The molecule has 3 rings (SSSR count). The lowest BCUT2D eigenvalue weighted by molar-refractivity contribution is -0.123. The van der Waals surface area contributed by atoms with Gasteiger partial charge in [0.15, 0.2) is 11.5 Å². The number of hydrazine groups is 1. The normalized spacial score (nSPS) is 14.9. The van der Waals surface area contributed by atoms with Crippen molar-refractivity contribution in [1.82, 2.24) is 5.43 Å². The number of carbonyl (C=O) groups is 2. The highest BCUT2D eigenvalue weighted by Crippen LogP contribution is 2.37. The zero-order valence-corrected chi connectivity index (χ0v) is 15.2. The van der Waals surface area contributed by atoms with Gasteiger partial charge in [-0.05, 0) is 35.3 Å². The maximum atomic E-state index is 12.9. The van der Waals surface area contributed by atoms with E-state index in [0.717, 1.165) is 5.56 Å². The number of ether oxygens (including phenoxy) is 1. The van der Waals surface area contributed by atoms with Crippen LogP contribution < -0.4 is 26.6 Å². The van der Waals surface area contributed by atoms with Gasteiger partial charge in [0.1, 0.15) is 6.54 Å². The quantitative estimate of drug-likeness (QED) is 0.252. The summed E-state index contributed by atoms with van der Waals surface area (Å²) in [4.78, 5) is 26.0. The van der Waals surface area contributed by atoms with Crippen molar-refractivity contribution in [2.75, 3.05) is 17.2 Å². The Labute approximate surface area is 157 Å². The van der Waals surface area contributed by atoms with E-state index in [0.29, 0.717) is 23.0 Å². The summed E-state index contributed by atoms with van der Waals surface area (Å²) in [6, 6.07) is 12.8. The van der Waals surface area contributed by atoms with Crippen molar-refractivity contribution in [2.45, 2.75) is 19.8 Å². The zero-order chi connectivity index (χ0) is 19.6. The average molecular weight is 366 g/mol. The Balaban J connectivity index is 1.98. The molecule has 0 aromatic heterocycles. The molecule has 2 amide bonds. The topological polar surface area (TPSA) is 111 Å². The Morgan fingerprint density at radius 3 is 2.56 bits per heavy atom. The molecule has 0 saturated carbocycles. The van der Waals surface area contributed by atoms with Crippen molar-refractivity contribution >= 4 is 29.3 Å². The van der Waals surface area contributed by atoms with Crippen LogP contribution in [0.15, 0.2) is 48.2 Å². The van der Waals surface area contributed by atoms with Crippen molar-refractivity contribution in [3.8, 4) is 5.75 Å². The second kappa shape index (κ2) is 7.51. The van der Waals surface area contributed by atoms with Gasteiger partial charge in [0.05, 0.1) is 5.69 Å². The van der Waals surface area contributed by atoms with E-state index < -0.39 is 11.8 Å². The van der Waals surface area contributed by atoms with Crippen LogP contribution in [0.2, 0.25) is 0 Å². The first-order chi connectivity index (χ1) is 12.9. The van der Waals surface area contributed by atoms with Gasteiger partial charge in [0.25, 0.3) is 11.8 Å². The predicted molar refractivity (Wildman–Crippen MR) is 105 cm³/mol. The number of nitrogen functional groups attached to an aromatic ring is 1. The van der Waals surface area contributed by atoms with Gasteiger partial charge in [-0.15, -0.1) is 0 Å². The fraction of sp³-hybridized carbons (Fsp3) is 0.200. The summed E-state index contributed by atoms with van der Waals surface area (Å²) in [7, 11) is 0. The first-order valence-corrected chi connectivity index (χ1v) is 8.59. The third-order valence-electron chi connectivity index (χ3n) is 4.31. The molecule has 7 heteroatoms. The molecular weight excluding hydrogens is 344 g/mol. The Bertz CT molecular complexity index is 904. The molecule has 0 fully saturated rings. The van der Waals surface area contributed by atoms with Gasteiger partial charge in [0.2, 0.25) is 0 Å². The number of nitrogens with one attached hydrogen (secondary N) is 1. The van der Waals surface area contributed by atoms with Gasteiger partial charge >= 0.3 is 0 Å². The third kappa shape index (κ3) is 3.93. The molecule has 0 unspecified atom stereocenters. The summed E-state index contributed by atoms with van der Waals surface area (Å²) in [5.74, 6) is 5.18. The largest absolute Gasteiger partial charge is 0.449 e. The number of hydrogen-bond acceptors (Lipinski definition) is 5. The van der Waals surface area contributed by atoms with E-state index in [1.807, 2.05) is 29.7 Å². The molecule has 0 saturated heterocycles. The zero-order valence-electron chi connectivity index (χ0n) is 15.2. The van der Waals surface area contributed by atoms with Crippen LogP contribution in [0.4, 0.5) is 11.4 Å². The first-order valence-electron chi connectivity index (χ1n) is 8.59. The number of carbonyl (C=O) groups excluding carboxylic acids is 2. The molecule has 2 aromatic rings. The second-order valence-corrected chi connectivity index (χ2v) is 6.62. The minimum absolute atomic E-state index is 0.107. The standard InChI is InChI=1S/C20H22N4O3/c1-12(2)14-5-3-13(4-6-14)9-18-20(26)24(11-19(25)23-22)16-8-7-15(21)10-17(16)27-18/h3-10,12H,11,21-22H2,1-2H3,(H,23,25)/b18-9+. The minimum Gasteiger partial charge on any atom is -0.449 e. The fourth-order valence-corrected chi connectivity index (χ4v) is 2.81. The first kappa shape index (κ1) is 18.5. The van der Waals surface area contributed by atoms with Crippen LogP contribution in [0, 0.1) is 0 Å². The SMILES string of the molecule is CC(C)c1ccc(/C=C2/Oc3cc(N)ccc3N(CC(=O)NN)C2=O)cc1. The predicted octanol–water partition coefficient (Wildman–Crippen LogP) is 2.15. The lowest BCUT2D eigenvalue weighted by atomic mass is 10.0. The van der Waals surface area contributed by atoms with Gasteiger partial charge in [-0.25, -0.2) is 5.84 Å². The van der Waals surface area contributed by atoms with Crippen LogP contribution in [0.25, 0.3) is 6.08 Å². The number of benzene rings is 2. The highest BCUT2D eigenvalue weighted by molar-refractivity contribution is 6.12. The van der Waals surface area contributed by atoms with E-state index in [9.17, 15) is 9.59 Å². The third-order valence-corrected chi connectivity index (χ3v) is 4.31. The molecular formula is C20H22N4O3. The van der Waals surface area contributed by atoms with E-state index >= 15 is 0 Å². The Hall–Kier alpha value is -3.32. The van der Waals surface area contributed by atoms with E-state index in [-0.39, 0.29) is 12.3 Å². The Kier molecular flexibility index (Phi) is 5.14. The summed E-state index contributed by atoms with van der Waals surface area (Å²) >= 11 is 0. The second-order valence-electron chi connectivity index (χ2n) is 6.62. The van der Waals surface area contributed by atoms with Crippen molar-refractivity contribution in [3.05, 3.63) is 59.4 Å². The maximum absolute atomic E-state index is 12.9. The van der Waals surface area contributed by atoms with Gasteiger partial charge in [0, 0.05) is 11.8 Å². The smallest absolute Gasteiger partial charge is 0.294 e. The highest BCUT2D eigenvalue weighted by atomic mass is 16.5. The van der Waals surface area contributed by atoms with Crippen LogP contribution in [0.3, 0.4) is 0 Å². The number of fused-ring (bicyclic) bond motifs is 1. The van der Waals surface area contributed by atoms with Crippen LogP contribution in [0.5, 0.6) is 5.75 Å². The molecule has 2 aromatic carbocycles. The van der Waals surface area contributed by atoms with E-state index in [1.165, 1.54) is 10.5 Å². The average Bonchev–Trinajstić information content (AvgIpc) is 2.65. The molecule has 1 aliphatic rings. The number of amides is 2. The molecule has 0 aliphatic carbocycles. The maximum Gasteiger partial charge on any atom is 0.294 e. The molecule has 140 valence electrons. The number of nitrogens with zero attached hydrogens (tertiary/aromatic N) is 1. The van der Waals surface area contributed by atoms with E-state index in [1.54, 1.807) is 24.3 Å². The van der Waals surface area contributed by atoms with Crippen molar-refractivity contribution in [2.24, 2.45) is 5.84 Å². The monoisotopic (exact) mass is 366 g/mol. The summed E-state index contributed by atoms with van der Waals surface area (Å²) < 4.78 is 5.78. The summed E-state index contributed by atoms with van der Waals surface area (Å²) in [5.41, 5.74) is 10.8. The van der Waals surface area contributed by atoms with Crippen LogP contribution in [0.1, 0.15) is 30.9 Å². The molecule has 5 N–H and O–H groups in total. The van der Waals surface area contributed by atoms with Crippen molar-refractivity contribution < 1.29 is 14.3 Å². The van der Waals surface area contributed by atoms with Crippen LogP contribution in [-0.4, -0.2) is 18.4 Å². The summed E-state index contributed by atoms with van der Waals surface area (Å²) in [6.07, 6.45) is 1.64. The minimum atomic E-state index is -0.492. The van der Waals surface area contributed by atoms with Gasteiger partial charge in [-0.3, -0.25) is 19.9 Å². The number of rotatable bonds is 4. The Morgan fingerprint density at radius 1 is 1.22 bits per heavy atom. The molecule has 1 aliphatic heterocycles. The summed E-state index contributed by atoms with van der Waals surface area (Å²) in [5, 5.41) is 0. The fourth-order valence-electron chi connectivity index (χ4n) is 2.81. The van der Waals surface area contributed by atoms with Gasteiger partial charge in [-0.2, -0.15) is 0 Å². The Morgan fingerprint density at radius 2 is 1.93 bits per heavy atom. The molecule has 0 atom stereocenters. The summed E-state index contributed by atoms with van der Waals surface area (Å²) in [6.45, 7) is 4.01. The molecule has 0 spiro atoms. The van der Waals surface area contributed by atoms with Crippen LogP contribution >= 0.6 is 0 Å². The lowest BCUT2D eigenvalue weighted by Gasteiger charge is -2.30. The molecule has 0 bridgehead atoms. The number of hydrogen-bond donors (Lipinski definition) is 3. The highest BCUT2D eigenvalue weighted by Gasteiger charge is 2.31. The number of nitrogens with two attached hydrogens (primary N) is 2. The molecule has 7 nitrogen and oxygen atoms in total. The van der Waals surface area contributed by atoms with E-state index in [2.05, 4.69) is 13.8 Å². The van der Waals surface area contributed by atoms with Gasteiger partial charge < -0.3 is 10.5 Å². The lowest BCUT2D eigenvalue weighted by Crippen LogP contribution is -2.45. The van der Waals surface area contributed by atoms with E-state index in [4.69, 9.17) is 16.3 Å².